The average Bonchev–Trinajstić information content (AvgIpc) is 2.49. The summed E-state index contributed by atoms with van der Waals surface area (Å²) in [5.41, 5.74) is 0.451. The van der Waals surface area contributed by atoms with Crippen LogP contribution in [-0.4, -0.2) is 5.11 Å². The van der Waals surface area contributed by atoms with Crippen molar-refractivity contribution in [2.24, 2.45) is 0 Å². The second-order valence-electron chi connectivity index (χ2n) is 4.98. The van der Waals surface area contributed by atoms with Gasteiger partial charge >= 0.3 is 5.63 Å². The topological polar surface area (TPSA) is 50.4 Å². The Hall–Kier alpha value is -0.930. The summed E-state index contributed by atoms with van der Waals surface area (Å²) in [7, 11) is 0. The van der Waals surface area contributed by atoms with E-state index in [0.29, 0.717) is 11.1 Å². The van der Waals surface area contributed by atoms with Crippen LogP contribution in [0.2, 0.25) is 0 Å². The van der Waals surface area contributed by atoms with Gasteiger partial charge in [0.05, 0.1) is 11.5 Å². The summed E-state index contributed by atoms with van der Waals surface area (Å²) < 4.78 is 7.37. The third-order valence-corrected chi connectivity index (χ3v) is 4.94. The van der Waals surface area contributed by atoms with E-state index in [1.807, 2.05) is 48.5 Å². The fraction of sp³-hybridized carbons (Fsp3) is 0.118. The first-order chi connectivity index (χ1) is 10.5. The number of hydrogen-bond donors (Lipinski definition) is 1. The van der Waals surface area contributed by atoms with Gasteiger partial charge in [-0.2, -0.15) is 0 Å². The maximum absolute atomic E-state index is 12.2. The van der Waals surface area contributed by atoms with Crippen LogP contribution in [0.25, 0.3) is 10.8 Å². The highest BCUT2D eigenvalue weighted by Crippen LogP contribution is 2.24. The van der Waals surface area contributed by atoms with Gasteiger partial charge in [-0.25, -0.2) is 4.79 Å². The van der Waals surface area contributed by atoms with Crippen molar-refractivity contribution in [3.05, 3.63) is 77.4 Å². The standard InChI is InChI=1S/C17H12I2O3/c18-11-6-14-13(15(19)7-11)8-12(22-17(14)21)9-16(20)10-4-2-1-3-5-10/h1-8,16,20H,9H2. The second kappa shape index (κ2) is 6.67. The summed E-state index contributed by atoms with van der Waals surface area (Å²) in [6.45, 7) is 0. The van der Waals surface area contributed by atoms with Crippen LogP contribution in [0.15, 0.2) is 57.7 Å². The lowest BCUT2D eigenvalue weighted by molar-refractivity contribution is 0.169. The summed E-state index contributed by atoms with van der Waals surface area (Å²) in [6.07, 6.45) is -0.416. The molecule has 0 amide bonds. The van der Waals surface area contributed by atoms with Crippen LogP contribution >= 0.6 is 45.2 Å². The normalized spacial score (nSPS) is 12.5. The highest BCUT2D eigenvalue weighted by molar-refractivity contribution is 14.1. The molecule has 1 N–H and O–H groups in total. The first-order valence-electron chi connectivity index (χ1n) is 6.69. The minimum absolute atomic E-state index is 0.275. The molecule has 0 aliphatic rings. The number of fused-ring (bicyclic) bond motifs is 1. The smallest absolute Gasteiger partial charge is 0.343 e. The predicted molar refractivity (Wildman–Crippen MR) is 103 cm³/mol. The Morgan fingerprint density at radius 3 is 2.50 bits per heavy atom. The molecule has 0 aliphatic carbocycles. The minimum Gasteiger partial charge on any atom is -0.427 e. The van der Waals surface area contributed by atoms with Crippen molar-refractivity contribution >= 4 is 56.0 Å². The van der Waals surface area contributed by atoms with E-state index in [2.05, 4.69) is 45.2 Å². The van der Waals surface area contributed by atoms with E-state index in [4.69, 9.17) is 4.42 Å². The molecule has 1 heterocycles. The molecule has 0 saturated carbocycles. The Kier molecular flexibility index (Phi) is 4.84. The van der Waals surface area contributed by atoms with Gasteiger partial charge in [-0.15, -0.1) is 0 Å². The third-order valence-electron chi connectivity index (χ3n) is 3.42. The van der Waals surface area contributed by atoms with Gasteiger partial charge in [0, 0.05) is 18.9 Å². The number of hydrogen-bond acceptors (Lipinski definition) is 3. The highest BCUT2D eigenvalue weighted by atomic mass is 127. The summed E-state index contributed by atoms with van der Waals surface area (Å²) in [5.74, 6) is 0.493. The zero-order chi connectivity index (χ0) is 15.7. The van der Waals surface area contributed by atoms with Crippen LogP contribution < -0.4 is 5.63 Å². The maximum Gasteiger partial charge on any atom is 0.343 e. The van der Waals surface area contributed by atoms with Crippen molar-refractivity contribution in [3.63, 3.8) is 0 Å². The molecule has 3 rings (SSSR count). The van der Waals surface area contributed by atoms with Gasteiger partial charge in [0.25, 0.3) is 0 Å². The van der Waals surface area contributed by atoms with E-state index in [9.17, 15) is 9.90 Å². The molecule has 3 nitrogen and oxygen atoms in total. The van der Waals surface area contributed by atoms with Crippen molar-refractivity contribution < 1.29 is 9.52 Å². The van der Waals surface area contributed by atoms with Crippen LogP contribution in [0.1, 0.15) is 17.4 Å². The van der Waals surface area contributed by atoms with Crippen molar-refractivity contribution in [2.75, 3.05) is 0 Å². The first-order valence-corrected chi connectivity index (χ1v) is 8.85. The van der Waals surface area contributed by atoms with Crippen LogP contribution in [-0.2, 0) is 6.42 Å². The van der Waals surface area contributed by atoms with E-state index < -0.39 is 6.10 Å². The molecular formula is C17H12I2O3. The van der Waals surface area contributed by atoms with Gasteiger partial charge in [-0.3, -0.25) is 0 Å². The minimum atomic E-state index is -0.691. The molecule has 112 valence electrons. The summed E-state index contributed by atoms with van der Waals surface area (Å²) >= 11 is 4.40. The quantitative estimate of drug-likeness (QED) is 0.528. The Morgan fingerprint density at radius 2 is 1.77 bits per heavy atom. The summed E-state index contributed by atoms with van der Waals surface area (Å²) in [5, 5.41) is 11.7. The van der Waals surface area contributed by atoms with Crippen molar-refractivity contribution in [3.8, 4) is 0 Å². The number of halogens is 2. The highest BCUT2D eigenvalue weighted by Gasteiger charge is 2.13. The fourth-order valence-electron chi connectivity index (χ4n) is 2.35. The molecule has 0 aliphatic heterocycles. The molecular weight excluding hydrogens is 506 g/mol. The molecule has 0 radical (unpaired) electrons. The van der Waals surface area contributed by atoms with Gasteiger partial charge < -0.3 is 9.52 Å². The molecule has 0 bridgehead atoms. The van der Waals surface area contributed by atoms with E-state index >= 15 is 0 Å². The monoisotopic (exact) mass is 518 g/mol. The van der Waals surface area contributed by atoms with Crippen molar-refractivity contribution in [1.82, 2.24) is 0 Å². The number of aliphatic hydroxyl groups excluding tert-OH is 1. The molecule has 0 spiro atoms. The van der Waals surface area contributed by atoms with E-state index in [1.165, 1.54) is 0 Å². The van der Waals surface area contributed by atoms with E-state index in [0.717, 1.165) is 18.1 Å². The Labute approximate surface area is 154 Å². The molecule has 0 fully saturated rings. The molecule has 1 aromatic heterocycles. The predicted octanol–water partition coefficient (Wildman–Crippen LogP) is 4.28. The van der Waals surface area contributed by atoms with Gasteiger partial charge in [0.15, 0.2) is 0 Å². The van der Waals surface area contributed by atoms with Gasteiger partial charge in [-0.05, 0) is 68.9 Å². The van der Waals surface area contributed by atoms with Gasteiger partial charge in [0.1, 0.15) is 5.76 Å². The SMILES string of the molecule is O=c1oc(CC(O)c2ccccc2)cc2c(I)cc(I)cc12. The molecule has 5 heteroatoms. The van der Waals surface area contributed by atoms with Gasteiger partial charge in [-0.1, -0.05) is 30.3 Å². The number of rotatable bonds is 3. The molecule has 1 unspecified atom stereocenters. The lowest BCUT2D eigenvalue weighted by atomic mass is 10.0. The number of benzene rings is 2. The summed E-state index contributed by atoms with van der Waals surface area (Å²) in [4.78, 5) is 12.2. The van der Waals surface area contributed by atoms with E-state index in [1.54, 1.807) is 0 Å². The Morgan fingerprint density at radius 1 is 1.05 bits per heavy atom. The molecule has 3 aromatic rings. The molecule has 22 heavy (non-hydrogen) atoms. The van der Waals surface area contributed by atoms with E-state index in [-0.39, 0.29) is 12.0 Å². The molecule has 2 aromatic carbocycles. The summed E-state index contributed by atoms with van der Waals surface area (Å²) in [6, 6.07) is 15.0. The maximum atomic E-state index is 12.2. The molecule has 0 saturated heterocycles. The third kappa shape index (κ3) is 3.36. The number of aliphatic hydroxyl groups is 1. The lowest BCUT2D eigenvalue weighted by Gasteiger charge is -2.11. The average molecular weight is 518 g/mol. The largest absolute Gasteiger partial charge is 0.427 e. The lowest BCUT2D eigenvalue weighted by Crippen LogP contribution is -2.07. The van der Waals surface area contributed by atoms with Crippen LogP contribution in [0, 0.1) is 7.14 Å². The first kappa shape index (κ1) is 15.9. The van der Waals surface area contributed by atoms with Crippen LogP contribution in [0.5, 0.6) is 0 Å². The Bertz CT molecular complexity index is 872. The molecule has 1 atom stereocenters. The van der Waals surface area contributed by atoms with Gasteiger partial charge in [0.2, 0.25) is 0 Å². The fourth-order valence-corrected chi connectivity index (χ4v) is 4.35. The van der Waals surface area contributed by atoms with Crippen LogP contribution in [0.4, 0.5) is 0 Å². The van der Waals surface area contributed by atoms with Crippen LogP contribution in [0.3, 0.4) is 0 Å². The zero-order valence-corrected chi connectivity index (χ0v) is 15.7. The Balaban J connectivity index is 2.00. The van der Waals surface area contributed by atoms with Crippen molar-refractivity contribution in [1.29, 1.82) is 0 Å². The van der Waals surface area contributed by atoms with Crippen molar-refractivity contribution in [2.45, 2.75) is 12.5 Å². The zero-order valence-electron chi connectivity index (χ0n) is 11.4. The second-order valence-corrected chi connectivity index (χ2v) is 7.39.